The molecule has 3 aromatic carbocycles. The predicted octanol–water partition coefficient (Wildman–Crippen LogP) is 3.09. The molecule has 0 heterocycles. The molecule has 0 aromatic heterocycles. The van der Waals surface area contributed by atoms with Gasteiger partial charge in [-0.15, -0.1) is 0 Å². The van der Waals surface area contributed by atoms with Crippen LogP contribution in [0, 0.1) is 15.2 Å². The molecule has 0 aliphatic carbocycles. The van der Waals surface area contributed by atoms with E-state index in [1.807, 2.05) is 24.3 Å². The van der Waals surface area contributed by atoms with Crippen LogP contribution in [0.2, 0.25) is 0 Å². The van der Waals surface area contributed by atoms with E-state index in [2.05, 4.69) is 46.9 Å². The van der Waals surface area contributed by atoms with E-state index in [1.54, 1.807) is 0 Å². The van der Waals surface area contributed by atoms with Crippen LogP contribution in [0.4, 0.5) is 8.78 Å². The third kappa shape index (κ3) is 3.68. The van der Waals surface area contributed by atoms with Crippen LogP contribution >= 0.6 is 22.6 Å². The van der Waals surface area contributed by atoms with E-state index >= 15 is 0 Å². The maximum absolute atomic E-state index is 13.2. The van der Waals surface area contributed by atoms with E-state index in [4.69, 9.17) is 0 Å². The van der Waals surface area contributed by atoms with Crippen molar-refractivity contribution < 1.29 is 8.78 Å². The Morgan fingerprint density at radius 2 is 0.864 bits per heavy atom. The van der Waals surface area contributed by atoms with Gasteiger partial charge in [-0.05, 0) is 0 Å². The van der Waals surface area contributed by atoms with E-state index < -0.39 is 19.6 Å². The zero-order chi connectivity index (χ0) is 15.5. The van der Waals surface area contributed by atoms with E-state index in [0.29, 0.717) is 0 Å². The molecule has 0 aliphatic heterocycles. The summed E-state index contributed by atoms with van der Waals surface area (Å²) in [6.07, 6.45) is 0. The Kier molecular flexibility index (Phi) is 5.12. The van der Waals surface area contributed by atoms with Crippen LogP contribution in [0.25, 0.3) is 0 Å². The molecule has 0 unspecified atom stereocenters. The molecule has 0 fully saturated rings. The first kappa shape index (κ1) is 15.9. The van der Waals surface area contributed by atoms with Crippen molar-refractivity contribution in [1.82, 2.24) is 0 Å². The molecule has 3 aromatic rings. The summed E-state index contributed by atoms with van der Waals surface area (Å²) < 4.78 is 31.2. The SMILES string of the molecule is Fc1ccc([Te+](c2ccc(F)cc2)c2ccc(I)cc2)cc1. The molecule has 0 atom stereocenters. The van der Waals surface area contributed by atoms with Gasteiger partial charge in [-0.3, -0.25) is 0 Å². The van der Waals surface area contributed by atoms with E-state index in [-0.39, 0.29) is 11.6 Å². The normalized spacial score (nSPS) is 10.9. The molecule has 0 bridgehead atoms. The Balaban J connectivity index is 2.10. The molecule has 0 aliphatic rings. The van der Waals surface area contributed by atoms with Gasteiger partial charge < -0.3 is 0 Å². The molecule has 0 saturated heterocycles. The second-order valence-corrected chi connectivity index (χ2v) is 11.7. The molecule has 0 saturated carbocycles. The van der Waals surface area contributed by atoms with Crippen LogP contribution in [-0.2, 0) is 0 Å². The summed E-state index contributed by atoms with van der Waals surface area (Å²) in [5.74, 6) is -0.466. The van der Waals surface area contributed by atoms with E-state index in [9.17, 15) is 8.78 Å². The van der Waals surface area contributed by atoms with Gasteiger partial charge in [-0.25, -0.2) is 0 Å². The first-order valence-electron chi connectivity index (χ1n) is 6.64. The first-order chi connectivity index (χ1) is 10.6. The van der Waals surface area contributed by atoms with Gasteiger partial charge in [-0.2, -0.15) is 0 Å². The zero-order valence-corrected chi connectivity index (χ0v) is 16.0. The van der Waals surface area contributed by atoms with Crippen LogP contribution in [0.5, 0.6) is 0 Å². The number of halogens is 3. The van der Waals surface area contributed by atoms with Crippen molar-refractivity contribution >= 4 is 53.0 Å². The zero-order valence-electron chi connectivity index (χ0n) is 11.5. The summed E-state index contributed by atoms with van der Waals surface area (Å²) in [7, 11) is 0. The van der Waals surface area contributed by atoms with Crippen LogP contribution in [0.1, 0.15) is 0 Å². The van der Waals surface area contributed by atoms with Crippen molar-refractivity contribution in [2.24, 2.45) is 0 Å². The summed E-state index contributed by atoms with van der Waals surface area (Å²) in [5.41, 5.74) is 0. The van der Waals surface area contributed by atoms with Gasteiger partial charge in [0.25, 0.3) is 0 Å². The quantitative estimate of drug-likeness (QED) is 0.368. The molecule has 0 N–H and O–H groups in total. The second-order valence-electron chi connectivity index (χ2n) is 4.67. The van der Waals surface area contributed by atoms with Gasteiger partial charge in [0.15, 0.2) is 0 Å². The van der Waals surface area contributed by atoms with Gasteiger partial charge >= 0.3 is 150 Å². The fourth-order valence-corrected chi connectivity index (χ4v) is 8.31. The predicted molar refractivity (Wildman–Crippen MR) is 96.6 cm³/mol. The van der Waals surface area contributed by atoms with E-state index in [0.717, 1.165) is 7.22 Å². The summed E-state index contributed by atoms with van der Waals surface area (Å²) in [6.45, 7) is 0. The van der Waals surface area contributed by atoms with Crippen molar-refractivity contribution in [3.05, 3.63) is 88.0 Å². The minimum atomic E-state index is -2.08. The Labute approximate surface area is 149 Å². The summed E-state index contributed by atoms with van der Waals surface area (Å²) in [4.78, 5) is 0. The molecule has 0 radical (unpaired) electrons. The van der Waals surface area contributed by atoms with Crippen molar-refractivity contribution in [2.75, 3.05) is 0 Å². The van der Waals surface area contributed by atoms with Crippen molar-refractivity contribution in [3.63, 3.8) is 0 Å². The Bertz CT molecular complexity index is 644. The maximum atomic E-state index is 13.2. The van der Waals surface area contributed by atoms with E-state index in [1.165, 1.54) is 31.4 Å². The van der Waals surface area contributed by atoms with Crippen molar-refractivity contribution in [1.29, 1.82) is 0 Å². The monoisotopic (exact) mass is 523 g/mol. The molecule has 4 heteroatoms. The minimum absolute atomic E-state index is 0.233. The number of hydrogen-bond donors (Lipinski definition) is 0. The van der Waals surface area contributed by atoms with Gasteiger partial charge in [-0.1, -0.05) is 0 Å². The molecular formula is C18H12F2ITe+. The fourth-order valence-electron chi connectivity index (χ4n) is 2.12. The third-order valence-corrected chi connectivity index (χ3v) is 10.2. The molecule has 3 rings (SSSR count). The average Bonchev–Trinajstić information content (AvgIpc) is 2.53. The molecule has 110 valence electrons. The molecule has 0 spiro atoms. The Hall–Kier alpha value is -0.960. The van der Waals surface area contributed by atoms with Crippen LogP contribution in [0.3, 0.4) is 0 Å². The second kappa shape index (κ2) is 7.08. The standard InChI is InChI=1S/C18H12F2ITe/c19-13-1-7-16(8-2-13)22(17-9-3-14(20)4-10-17)18-11-5-15(21)6-12-18/h1-12H/q+1. The van der Waals surface area contributed by atoms with Gasteiger partial charge in [0, 0.05) is 0 Å². The van der Waals surface area contributed by atoms with Crippen LogP contribution in [-0.4, -0.2) is 19.6 Å². The van der Waals surface area contributed by atoms with Gasteiger partial charge in [0.2, 0.25) is 0 Å². The Morgan fingerprint density at radius 1 is 0.545 bits per heavy atom. The number of hydrogen-bond acceptors (Lipinski definition) is 0. The molecular weight excluding hydrogens is 509 g/mol. The summed E-state index contributed by atoms with van der Waals surface area (Å²) in [5, 5.41) is 0. The summed E-state index contributed by atoms with van der Waals surface area (Å²) >= 11 is 0.198. The number of benzene rings is 3. The molecule has 0 amide bonds. The molecule has 0 nitrogen and oxygen atoms in total. The van der Waals surface area contributed by atoms with Crippen molar-refractivity contribution in [2.45, 2.75) is 0 Å². The van der Waals surface area contributed by atoms with Crippen molar-refractivity contribution in [3.8, 4) is 0 Å². The molecule has 22 heavy (non-hydrogen) atoms. The Morgan fingerprint density at radius 3 is 1.23 bits per heavy atom. The third-order valence-electron chi connectivity index (χ3n) is 3.15. The topological polar surface area (TPSA) is 0 Å². The van der Waals surface area contributed by atoms with Crippen LogP contribution in [0.15, 0.2) is 72.8 Å². The van der Waals surface area contributed by atoms with Gasteiger partial charge in [0.1, 0.15) is 0 Å². The fraction of sp³-hybridized carbons (Fsp3) is 0. The van der Waals surface area contributed by atoms with Gasteiger partial charge in [0.05, 0.1) is 0 Å². The first-order valence-corrected chi connectivity index (χ1v) is 11.2. The summed E-state index contributed by atoms with van der Waals surface area (Å²) in [6, 6.07) is 21.8. The average molecular weight is 521 g/mol. The number of rotatable bonds is 3. The van der Waals surface area contributed by atoms with Crippen LogP contribution < -0.4 is 10.8 Å².